The van der Waals surface area contributed by atoms with Gasteiger partial charge in [0.15, 0.2) is 0 Å². The standard InChI is InChI=1S/C21H32/c1-2-3-4-5-9-12-20-13-16-21(17-14-20,18-15-20)19-10-7-6-8-11-19/h6-8,10-11H,2-5,9,12-18H2,1H3. The molecule has 0 N–H and O–H groups in total. The Balaban J connectivity index is 1.54. The third-order valence-corrected chi connectivity index (χ3v) is 6.60. The average molecular weight is 284 g/mol. The highest BCUT2D eigenvalue weighted by Gasteiger charge is 2.48. The van der Waals surface area contributed by atoms with Crippen LogP contribution in [0.25, 0.3) is 0 Å². The summed E-state index contributed by atoms with van der Waals surface area (Å²) in [7, 11) is 0. The van der Waals surface area contributed by atoms with Gasteiger partial charge in [-0.05, 0) is 61.3 Å². The monoisotopic (exact) mass is 284 g/mol. The van der Waals surface area contributed by atoms with Gasteiger partial charge >= 0.3 is 0 Å². The molecule has 3 saturated carbocycles. The van der Waals surface area contributed by atoms with Crippen LogP contribution in [0.15, 0.2) is 30.3 Å². The molecule has 116 valence electrons. The maximum absolute atomic E-state index is 2.38. The Morgan fingerprint density at radius 3 is 2.00 bits per heavy atom. The first kappa shape index (κ1) is 15.1. The normalized spacial score (nSPS) is 31.5. The fraction of sp³-hybridized carbons (Fsp3) is 0.714. The smallest absolute Gasteiger partial charge is 0.00464 e. The molecule has 0 atom stereocenters. The van der Waals surface area contributed by atoms with Gasteiger partial charge in [-0.2, -0.15) is 0 Å². The zero-order chi connectivity index (χ0) is 14.6. The highest BCUT2D eigenvalue weighted by molar-refractivity contribution is 5.28. The lowest BCUT2D eigenvalue weighted by molar-refractivity contribution is 0.0304. The van der Waals surface area contributed by atoms with Crippen LogP contribution in [0.3, 0.4) is 0 Å². The van der Waals surface area contributed by atoms with E-state index < -0.39 is 0 Å². The SMILES string of the molecule is CCCCCCCC12CCC(c3ccccc3)(CC1)CC2. The second kappa shape index (κ2) is 6.55. The van der Waals surface area contributed by atoms with E-state index >= 15 is 0 Å². The summed E-state index contributed by atoms with van der Waals surface area (Å²) in [6, 6.07) is 11.4. The maximum Gasteiger partial charge on any atom is -0.00464 e. The molecule has 0 heteroatoms. The lowest BCUT2D eigenvalue weighted by atomic mass is 9.51. The lowest BCUT2D eigenvalue weighted by Gasteiger charge is -2.54. The first-order chi connectivity index (χ1) is 10.3. The average Bonchev–Trinajstić information content (AvgIpc) is 2.57. The van der Waals surface area contributed by atoms with Crippen LogP contribution in [0, 0.1) is 5.41 Å². The van der Waals surface area contributed by atoms with Gasteiger partial charge in [0.1, 0.15) is 0 Å². The zero-order valence-electron chi connectivity index (χ0n) is 13.9. The second-order valence-electron chi connectivity index (χ2n) is 7.81. The Kier molecular flexibility index (Phi) is 4.72. The number of benzene rings is 1. The summed E-state index contributed by atoms with van der Waals surface area (Å²) in [6.45, 7) is 2.31. The molecular formula is C21H32. The van der Waals surface area contributed by atoms with Gasteiger partial charge in [0.05, 0.1) is 0 Å². The Bertz CT molecular complexity index is 406. The fourth-order valence-corrected chi connectivity index (χ4v) is 4.97. The van der Waals surface area contributed by atoms with Gasteiger partial charge in [0, 0.05) is 0 Å². The summed E-state index contributed by atoms with van der Waals surface area (Å²) in [5.74, 6) is 0. The van der Waals surface area contributed by atoms with E-state index in [0.29, 0.717) is 5.41 Å². The van der Waals surface area contributed by atoms with E-state index in [9.17, 15) is 0 Å². The van der Waals surface area contributed by atoms with Crippen molar-refractivity contribution in [3.63, 3.8) is 0 Å². The quantitative estimate of drug-likeness (QED) is 0.492. The van der Waals surface area contributed by atoms with E-state index in [1.807, 2.05) is 0 Å². The first-order valence-corrected chi connectivity index (χ1v) is 9.34. The topological polar surface area (TPSA) is 0 Å². The predicted octanol–water partition coefficient (Wildman–Crippen LogP) is 6.64. The summed E-state index contributed by atoms with van der Waals surface area (Å²) in [4.78, 5) is 0. The fourth-order valence-electron chi connectivity index (χ4n) is 4.97. The molecule has 0 aromatic heterocycles. The number of hydrogen-bond acceptors (Lipinski definition) is 0. The summed E-state index contributed by atoms with van der Waals surface area (Å²) in [6.07, 6.45) is 17.6. The van der Waals surface area contributed by atoms with Crippen molar-refractivity contribution in [2.75, 3.05) is 0 Å². The van der Waals surface area contributed by atoms with Crippen LogP contribution in [0.2, 0.25) is 0 Å². The second-order valence-corrected chi connectivity index (χ2v) is 7.81. The molecule has 21 heavy (non-hydrogen) atoms. The maximum atomic E-state index is 2.38. The molecule has 1 aromatic carbocycles. The Morgan fingerprint density at radius 1 is 0.762 bits per heavy atom. The minimum absolute atomic E-state index is 0.547. The van der Waals surface area contributed by atoms with Crippen molar-refractivity contribution in [1.29, 1.82) is 0 Å². The van der Waals surface area contributed by atoms with Gasteiger partial charge in [-0.3, -0.25) is 0 Å². The first-order valence-electron chi connectivity index (χ1n) is 9.34. The summed E-state index contributed by atoms with van der Waals surface area (Å²) >= 11 is 0. The van der Waals surface area contributed by atoms with E-state index in [-0.39, 0.29) is 0 Å². The van der Waals surface area contributed by atoms with E-state index in [1.54, 1.807) is 5.56 Å². The van der Waals surface area contributed by atoms with E-state index in [1.165, 1.54) is 77.0 Å². The molecule has 3 fully saturated rings. The van der Waals surface area contributed by atoms with Crippen LogP contribution >= 0.6 is 0 Å². The van der Waals surface area contributed by atoms with Crippen molar-refractivity contribution >= 4 is 0 Å². The van der Waals surface area contributed by atoms with Gasteiger partial charge in [-0.15, -0.1) is 0 Å². The summed E-state index contributed by atoms with van der Waals surface area (Å²) < 4.78 is 0. The van der Waals surface area contributed by atoms with Crippen molar-refractivity contribution in [2.24, 2.45) is 5.41 Å². The van der Waals surface area contributed by atoms with Gasteiger partial charge in [-0.1, -0.05) is 69.4 Å². The van der Waals surface area contributed by atoms with Gasteiger partial charge < -0.3 is 0 Å². The number of fused-ring (bicyclic) bond motifs is 3. The highest BCUT2D eigenvalue weighted by atomic mass is 14.5. The van der Waals surface area contributed by atoms with Crippen LogP contribution in [-0.4, -0.2) is 0 Å². The van der Waals surface area contributed by atoms with Crippen molar-refractivity contribution in [1.82, 2.24) is 0 Å². The predicted molar refractivity (Wildman–Crippen MR) is 91.6 cm³/mol. The number of hydrogen-bond donors (Lipinski definition) is 0. The van der Waals surface area contributed by atoms with Crippen molar-refractivity contribution in [3.05, 3.63) is 35.9 Å². The Labute approximate surface area is 131 Å². The largest absolute Gasteiger partial charge is 0.0654 e. The Hall–Kier alpha value is -0.780. The molecule has 0 nitrogen and oxygen atoms in total. The molecule has 0 aliphatic heterocycles. The van der Waals surface area contributed by atoms with E-state index in [0.717, 1.165) is 5.41 Å². The van der Waals surface area contributed by atoms with Crippen LogP contribution in [0.4, 0.5) is 0 Å². The molecular weight excluding hydrogens is 252 g/mol. The van der Waals surface area contributed by atoms with Gasteiger partial charge in [-0.25, -0.2) is 0 Å². The van der Waals surface area contributed by atoms with Crippen LogP contribution in [-0.2, 0) is 5.41 Å². The summed E-state index contributed by atoms with van der Waals surface area (Å²) in [5, 5.41) is 0. The third-order valence-electron chi connectivity index (χ3n) is 6.60. The molecule has 0 unspecified atom stereocenters. The molecule has 3 aliphatic rings. The molecule has 1 aromatic rings. The highest BCUT2D eigenvalue weighted by Crippen LogP contribution is 2.59. The zero-order valence-corrected chi connectivity index (χ0v) is 13.9. The molecule has 3 aliphatic carbocycles. The molecule has 0 heterocycles. The molecule has 2 bridgehead atoms. The van der Waals surface area contributed by atoms with Crippen LogP contribution in [0.1, 0.15) is 89.5 Å². The lowest BCUT2D eigenvalue weighted by Crippen LogP contribution is -2.44. The third kappa shape index (κ3) is 3.20. The van der Waals surface area contributed by atoms with Crippen molar-refractivity contribution in [3.8, 4) is 0 Å². The van der Waals surface area contributed by atoms with Gasteiger partial charge in [0.25, 0.3) is 0 Å². The molecule has 0 saturated heterocycles. The number of unbranched alkanes of at least 4 members (excludes halogenated alkanes) is 4. The molecule has 0 spiro atoms. The van der Waals surface area contributed by atoms with Gasteiger partial charge in [0.2, 0.25) is 0 Å². The Morgan fingerprint density at radius 2 is 1.38 bits per heavy atom. The van der Waals surface area contributed by atoms with Crippen molar-refractivity contribution < 1.29 is 0 Å². The van der Waals surface area contributed by atoms with E-state index in [2.05, 4.69) is 37.3 Å². The summed E-state index contributed by atoms with van der Waals surface area (Å²) in [5.41, 5.74) is 2.91. The van der Waals surface area contributed by atoms with E-state index in [4.69, 9.17) is 0 Å². The van der Waals surface area contributed by atoms with Crippen LogP contribution < -0.4 is 0 Å². The number of rotatable bonds is 7. The van der Waals surface area contributed by atoms with Crippen LogP contribution in [0.5, 0.6) is 0 Å². The molecule has 0 amide bonds. The minimum atomic E-state index is 0.547. The molecule has 0 radical (unpaired) electrons. The molecule has 4 rings (SSSR count). The van der Waals surface area contributed by atoms with Crippen molar-refractivity contribution in [2.45, 2.75) is 89.4 Å². The minimum Gasteiger partial charge on any atom is -0.0654 e.